The first kappa shape index (κ1) is 18.9. The van der Waals surface area contributed by atoms with Gasteiger partial charge in [-0.2, -0.15) is 0 Å². The number of furan rings is 1. The molecule has 5 nitrogen and oxygen atoms in total. The van der Waals surface area contributed by atoms with Gasteiger partial charge in [0.25, 0.3) is 0 Å². The van der Waals surface area contributed by atoms with Gasteiger partial charge in [-0.05, 0) is 31.2 Å². The summed E-state index contributed by atoms with van der Waals surface area (Å²) in [5.74, 6) is 1.43. The molecule has 1 aliphatic heterocycles. The van der Waals surface area contributed by atoms with Crippen molar-refractivity contribution in [3.63, 3.8) is 0 Å². The second kappa shape index (κ2) is 9.21. The quantitative estimate of drug-likeness (QED) is 0.751. The number of hydrogen-bond acceptors (Lipinski definition) is 5. The topological polar surface area (TPSA) is 54.7 Å². The molecular formula is C19H23FN2O3S. The molecule has 2 heterocycles. The van der Waals surface area contributed by atoms with E-state index in [0.29, 0.717) is 24.7 Å². The van der Waals surface area contributed by atoms with Crippen molar-refractivity contribution in [2.75, 3.05) is 38.6 Å². The molecule has 0 saturated carbocycles. The van der Waals surface area contributed by atoms with E-state index < -0.39 is 0 Å². The lowest BCUT2D eigenvalue weighted by molar-refractivity contribution is -0.118. The van der Waals surface area contributed by atoms with Crippen LogP contribution in [0.15, 0.2) is 45.7 Å². The van der Waals surface area contributed by atoms with Crippen LogP contribution in [0.1, 0.15) is 17.6 Å². The summed E-state index contributed by atoms with van der Waals surface area (Å²) in [6.45, 7) is 5.29. The number of hydrogen-bond donors (Lipinski definition) is 1. The molecule has 1 aromatic heterocycles. The van der Waals surface area contributed by atoms with Crippen LogP contribution in [0.5, 0.6) is 0 Å². The number of aryl methyl sites for hydroxylation is 1. The van der Waals surface area contributed by atoms with E-state index in [1.165, 1.54) is 17.8 Å². The van der Waals surface area contributed by atoms with Gasteiger partial charge in [-0.15, -0.1) is 11.8 Å². The Kier molecular flexibility index (Phi) is 6.71. The van der Waals surface area contributed by atoms with E-state index in [1.54, 1.807) is 18.2 Å². The normalized spacial score (nSPS) is 16.4. The van der Waals surface area contributed by atoms with E-state index in [-0.39, 0.29) is 23.5 Å². The number of benzene rings is 1. The number of nitrogens with zero attached hydrogens (tertiary/aromatic N) is 1. The zero-order valence-corrected chi connectivity index (χ0v) is 15.6. The fourth-order valence-corrected chi connectivity index (χ4v) is 3.67. The highest BCUT2D eigenvalue weighted by atomic mass is 32.2. The van der Waals surface area contributed by atoms with E-state index in [4.69, 9.17) is 9.15 Å². The van der Waals surface area contributed by atoms with Gasteiger partial charge < -0.3 is 14.5 Å². The number of amides is 1. The fraction of sp³-hybridized carbons (Fsp3) is 0.421. The van der Waals surface area contributed by atoms with Gasteiger partial charge in [0.1, 0.15) is 17.3 Å². The Morgan fingerprint density at radius 3 is 2.73 bits per heavy atom. The van der Waals surface area contributed by atoms with Crippen LogP contribution in [0.2, 0.25) is 0 Å². The summed E-state index contributed by atoms with van der Waals surface area (Å²) in [5.41, 5.74) is 0. The van der Waals surface area contributed by atoms with E-state index in [9.17, 15) is 9.18 Å². The first-order valence-corrected chi connectivity index (χ1v) is 9.64. The lowest BCUT2D eigenvalue weighted by atomic mass is 10.1. The van der Waals surface area contributed by atoms with Crippen molar-refractivity contribution in [3.8, 4) is 0 Å². The molecule has 1 amide bonds. The van der Waals surface area contributed by atoms with Crippen molar-refractivity contribution in [2.45, 2.75) is 17.9 Å². The molecule has 1 fully saturated rings. The molecule has 0 bridgehead atoms. The monoisotopic (exact) mass is 378 g/mol. The SMILES string of the molecule is Cc1ccc(C(CNC(=O)CSc2ccccc2F)N2CCOCC2)o1. The van der Waals surface area contributed by atoms with Crippen LogP contribution in [-0.2, 0) is 9.53 Å². The highest BCUT2D eigenvalue weighted by molar-refractivity contribution is 8.00. The van der Waals surface area contributed by atoms with Crippen molar-refractivity contribution < 1.29 is 18.3 Å². The Morgan fingerprint density at radius 1 is 1.27 bits per heavy atom. The van der Waals surface area contributed by atoms with E-state index >= 15 is 0 Å². The van der Waals surface area contributed by atoms with Crippen LogP contribution in [0.4, 0.5) is 4.39 Å². The highest BCUT2D eigenvalue weighted by Gasteiger charge is 2.25. The molecule has 1 atom stereocenters. The van der Waals surface area contributed by atoms with E-state index in [2.05, 4.69) is 10.2 Å². The van der Waals surface area contributed by atoms with Gasteiger partial charge in [0.2, 0.25) is 5.91 Å². The summed E-state index contributed by atoms with van der Waals surface area (Å²) in [6, 6.07) is 10.3. The molecule has 7 heteroatoms. The lowest BCUT2D eigenvalue weighted by Crippen LogP contribution is -2.44. The molecule has 1 N–H and O–H groups in total. The maximum Gasteiger partial charge on any atom is 0.230 e. The second-order valence-corrected chi connectivity index (χ2v) is 7.15. The van der Waals surface area contributed by atoms with Crippen molar-refractivity contribution >= 4 is 17.7 Å². The maximum absolute atomic E-state index is 13.6. The smallest absolute Gasteiger partial charge is 0.230 e. The molecule has 2 aromatic rings. The summed E-state index contributed by atoms with van der Waals surface area (Å²) in [6.07, 6.45) is 0. The van der Waals surface area contributed by atoms with Crippen LogP contribution in [0.25, 0.3) is 0 Å². The predicted octanol–water partition coefficient (Wildman–Crippen LogP) is 3.01. The zero-order chi connectivity index (χ0) is 18.4. The number of ether oxygens (including phenoxy) is 1. The molecule has 0 spiro atoms. The summed E-state index contributed by atoms with van der Waals surface area (Å²) < 4.78 is 24.8. The standard InChI is InChI=1S/C19H23FN2O3S/c1-14-6-7-17(25-14)16(22-8-10-24-11-9-22)12-21-19(23)13-26-18-5-3-2-4-15(18)20/h2-7,16H,8-13H2,1H3,(H,21,23). The molecule has 3 rings (SSSR count). The van der Waals surface area contributed by atoms with E-state index in [0.717, 1.165) is 24.6 Å². The minimum absolute atomic E-state index is 0.0324. The molecule has 1 aromatic carbocycles. The van der Waals surface area contributed by atoms with Gasteiger partial charge in [0.15, 0.2) is 0 Å². The van der Waals surface area contributed by atoms with Crippen LogP contribution in [0.3, 0.4) is 0 Å². The largest absolute Gasteiger partial charge is 0.465 e. The summed E-state index contributed by atoms with van der Waals surface area (Å²) in [5, 5.41) is 2.95. The molecule has 0 aliphatic carbocycles. The number of morpholine rings is 1. The Hall–Kier alpha value is -1.83. The Balaban J connectivity index is 1.56. The fourth-order valence-electron chi connectivity index (χ4n) is 2.90. The third kappa shape index (κ3) is 5.09. The van der Waals surface area contributed by atoms with Crippen molar-refractivity contribution in [2.24, 2.45) is 0 Å². The van der Waals surface area contributed by atoms with Crippen LogP contribution in [-0.4, -0.2) is 49.4 Å². The van der Waals surface area contributed by atoms with Crippen LogP contribution >= 0.6 is 11.8 Å². The zero-order valence-electron chi connectivity index (χ0n) is 14.7. The lowest BCUT2D eigenvalue weighted by Gasteiger charge is -2.33. The van der Waals surface area contributed by atoms with Gasteiger partial charge in [-0.25, -0.2) is 4.39 Å². The molecule has 1 aliphatic rings. The first-order chi connectivity index (χ1) is 12.6. The van der Waals surface area contributed by atoms with E-state index in [1.807, 2.05) is 19.1 Å². The molecule has 1 unspecified atom stereocenters. The number of nitrogens with one attached hydrogen (secondary N) is 1. The first-order valence-electron chi connectivity index (χ1n) is 8.65. The second-order valence-electron chi connectivity index (χ2n) is 6.14. The predicted molar refractivity (Wildman–Crippen MR) is 98.7 cm³/mol. The molecule has 0 radical (unpaired) electrons. The third-order valence-electron chi connectivity index (χ3n) is 4.26. The highest BCUT2D eigenvalue weighted by Crippen LogP contribution is 2.24. The maximum atomic E-state index is 13.6. The molecule has 140 valence electrons. The Labute approximate surface area is 156 Å². The number of carbonyl (C=O) groups is 1. The summed E-state index contributed by atoms with van der Waals surface area (Å²) in [7, 11) is 0. The van der Waals surface area contributed by atoms with Gasteiger partial charge >= 0.3 is 0 Å². The number of halogens is 1. The van der Waals surface area contributed by atoms with Gasteiger partial charge in [-0.1, -0.05) is 12.1 Å². The Bertz CT molecular complexity index is 731. The Morgan fingerprint density at radius 2 is 2.04 bits per heavy atom. The molecular weight excluding hydrogens is 355 g/mol. The molecule has 26 heavy (non-hydrogen) atoms. The van der Waals surface area contributed by atoms with Crippen molar-refractivity contribution in [1.82, 2.24) is 10.2 Å². The average Bonchev–Trinajstić information content (AvgIpc) is 3.08. The van der Waals surface area contributed by atoms with Crippen molar-refractivity contribution in [3.05, 3.63) is 53.7 Å². The van der Waals surface area contributed by atoms with Gasteiger partial charge in [0, 0.05) is 24.5 Å². The van der Waals surface area contributed by atoms with Gasteiger partial charge in [0.05, 0.1) is 25.0 Å². The number of thioether (sulfide) groups is 1. The summed E-state index contributed by atoms with van der Waals surface area (Å²) in [4.78, 5) is 15.0. The third-order valence-corrected chi connectivity index (χ3v) is 5.31. The van der Waals surface area contributed by atoms with Crippen LogP contribution in [0, 0.1) is 12.7 Å². The summed E-state index contributed by atoms with van der Waals surface area (Å²) >= 11 is 1.20. The van der Waals surface area contributed by atoms with Crippen LogP contribution < -0.4 is 5.32 Å². The minimum atomic E-state index is -0.303. The minimum Gasteiger partial charge on any atom is -0.465 e. The van der Waals surface area contributed by atoms with Gasteiger partial charge in [-0.3, -0.25) is 9.69 Å². The average molecular weight is 378 g/mol. The number of carbonyl (C=O) groups excluding carboxylic acids is 1. The molecule has 1 saturated heterocycles. The number of rotatable bonds is 7. The van der Waals surface area contributed by atoms with Crippen molar-refractivity contribution in [1.29, 1.82) is 0 Å².